The Balaban J connectivity index is 2.25. The summed E-state index contributed by atoms with van der Waals surface area (Å²) >= 11 is 7.37. The van der Waals surface area contributed by atoms with Crippen molar-refractivity contribution < 1.29 is 9.47 Å². The molecule has 0 aliphatic rings. The maximum atomic E-state index is 5.70. The highest BCUT2D eigenvalue weighted by atomic mass is 79.9. The second kappa shape index (κ2) is 7.85. The smallest absolute Gasteiger partial charge is 0.120 e. The molecule has 0 radical (unpaired) electrons. The van der Waals surface area contributed by atoms with Gasteiger partial charge < -0.3 is 9.47 Å². The molecule has 2 rings (SSSR count). The molecular formula is C17H18Br2O2. The van der Waals surface area contributed by atoms with Gasteiger partial charge in [-0.3, -0.25) is 0 Å². The number of halogens is 2. The van der Waals surface area contributed by atoms with Crippen LogP contribution in [0.2, 0.25) is 0 Å². The summed E-state index contributed by atoms with van der Waals surface area (Å²) in [7, 11) is 1.67. The average molecular weight is 414 g/mol. The molecule has 2 aromatic rings. The Kier molecular flexibility index (Phi) is 6.12. The van der Waals surface area contributed by atoms with Crippen LogP contribution in [0.25, 0.3) is 0 Å². The van der Waals surface area contributed by atoms with Crippen LogP contribution in [-0.2, 0) is 0 Å². The number of hydrogen-bond acceptors (Lipinski definition) is 2. The second-order valence-corrected chi connectivity index (χ2v) is 6.44. The zero-order valence-electron chi connectivity index (χ0n) is 12.1. The maximum absolute atomic E-state index is 5.70. The molecule has 112 valence electrons. The molecule has 2 aromatic carbocycles. The molecule has 0 amide bonds. The van der Waals surface area contributed by atoms with Crippen LogP contribution >= 0.6 is 31.9 Å². The molecule has 2 nitrogen and oxygen atoms in total. The second-order valence-electron chi connectivity index (χ2n) is 4.67. The summed E-state index contributed by atoms with van der Waals surface area (Å²) in [6, 6.07) is 14.2. The van der Waals surface area contributed by atoms with Gasteiger partial charge in [0.15, 0.2) is 0 Å². The van der Waals surface area contributed by atoms with E-state index in [1.54, 1.807) is 7.11 Å². The van der Waals surface area contributed by atoms with E-state index in [-0.39, 0.29) is 4.83 Å². The first-order valence-corrected chi connectivity index (χ1v) is 8.56. The normalized spacial score (nSPS) is 12.0. The van der Waals surface area contributed by atoms with Gasteiger partial charge in [0.05, 0.1) is 18.5 Å². The summed E-state index contributed by atoms with van der Waals surface area (Å²) in [6.45, 7) is 2.84. The van der Waals surface area contributed by atoms with Crippen molar-refractivity contribution in [3.05, 3.63) is 58.1 Å². The standard InChI is InChI=1S/C17H18Br2O2/c1-3-9-21-14-6-4-5-12(10-14)17(19)15-8-7-13(20-2)11-16(15)18/h4-8,10-11,17H,3,9H2,1-2H3. The van der Waals surface area contributed by atoms with Crippen molar-refractivity contribution in [1.82, 2.24) is 0 Å². The monoisotopic (exact) mass is 412 g/mol. The van der Waals surface area contributed by atoms with E-state index in [1.807, 2.05) is 24.3 Å². The largest absolute Gasteiger partial charge is 0.497 e. The van der Waals surface area contributed by atoms with Gasteiger partial charge in [0.2, 0.25) is 0 Å². The minimum Gasteiger partial charge on any atom is -0.497 e. The molecule has 0 fully saturated rings. The van der Waals surface area contributed by atoms with Gasteiger partial charge in [0.25, 0.3) is 0 Å². The lowest BCUT2D eigenvalue weighted by Crippen LogP contribution is -1.98. The van der Waals surface area contributed by atoms with Crippen LogP contribution in [0.3, 0.4) is 0 Å². The first-order valence-electron chi connectivity index (χ1n) is 6.86. The summed E-state index contributed by atoms with van der Waals surface area (Å²) in [5, 5.41) is 0. The van der Waals surface area contributed by atoms with Crippen molar-refractivity contribution in [2.45, 2.75) is 18.2 Å². The molecule has 4 heteroatoms. The Morgan fingerprint density at radius 2 is 1.90 bits per heavy atom. The Morgan fingerprint density at radius 1 is 1.10 bits per heavy atom. The third kappa shape index (κ3) is 4.24. The third-order valence-electron chi connectivity index (χ3n) is 3.10. The van der Waals surface area contributed by atoms with Crippen molar-refractivity contribution >= 4 is 31.9 Å². The Hall–Kier alpha value is -1.00. The van der Waals surface area contributed by atoms with Gasteiger partial charge in [-0.1, -0.05) is 57.0 Å². The van der Waals surface area contributed by atoms with E-state index < -0.39 is 0 Å². The fourth-order valence-corrected chi connectivity index (χ4v) is 3.58. The molecule has 0 saturated carbocycles. The molecule has 0 spiro atoms. The molecule has 0 N–H and O–H groups in total. The van der Waals surface area contributed by atoms with Gasteiger partial charge in [0, 0.05) is 4.47 Å². The van der Waals surface area contributed by atoms with Gasteiger partial charge in [0.1, 0.15) is 11.5 Å². The van der Waals surface area contributed by atoms with Crippen molar-refractivity contribution in [3.63, 3.8) is 0 Å². The zero-order chi connectivity index (χ0) is 15.2. The Bertz CT molecular complexity index is 599. The fourth-order valence-electron chi connectivity index (χ4n) is 2.00. The molecule has 0 saturated heterocycles. The summed E-state index contributed by atoms with van der Waals surface area (Å²) in [5.41, 5.74) is 2.32. The lowest BCUT2D eigenvalue weighted by Gasteiger charge is -2.15. The molecule has 0 aliphatic heterocycles. The lowest BCUT2D eigenvalue weighted by molar-refractivity contribution is 0.317. The number of ether oxygens (including phenoxy) is 2. The van der Waals surface area contributed by atoms with Crippen LogP contribution in [0.4, 0.5) is 0 Å². The van der Waals surface area contributed by atoms with E-state index in [0.29, 0.717) is 0 Å². The highest BCUT2D eigenvalue weighted by Crippen LogP contribution is 2.37. The van der Waals surface area contributed by atoms with Gasteiger partial charge in [-0.05, 0) is 41.8 Å². The van der Waals surface area contributed by atoms with Crippen LogP contribution in [-0.4, -0.2) is 13.7 Å². The minimum absolute atomic E-state index is 0.1000. The van der Waals surface area contributed by atoms with Crippen LogP contribution in [0.15, 0.2) is 46.9 Å². The number of benzene rings is 2. The predicted octanol–water partition coefficient (Wildman–Crippen LogP) is 5.73. The summed E-state index contributed by atoms with van der Waals surface area (Å²) < 4.78 is 11.9. The lowest BCUT2D eigenvalue weighted by atomic mass is 10.0. The molecule has 0 aromatic heterocycles. The van der Waals surface area contributed by atoms with E-state index in [0.717, 1.165) is 40.1 Å². The minimum atomic E-state index is 0.1000. The third-order valence-corrected chi connectivity index (χ3v) is 4.81. The van der Waals surface area contributed by atoms with E-state index in [9.17, 15) is 0 Å². The molecule has 21 heavy (non-hydrogen) atoms. The van der Waals surface area contributed by atoms with Gasteiger partial charge in [-0.15, -0.1) is 0 Å². The molecule has 0 aliphatic carbocycles. The van der Waals surface area contributed by atoms with E-state index in [2.05, 4.69) is 57.0 Å². The highest BCUT2D eigenvalue weighted by Gasteiger charge is 2.14. The number of methoxy groups -OCH3 is 1. The Morgan fingerprint density at radius 3 is 2.57 bits per heavy atom. The summed E-state index contributed by atoms with van der Waals surface area (Å²) in [4.78, 5) is 0.1000. The summed E-state index contributed by atoms with van der Waals surface area (Å²) in [5.74, 6) is 1.74. The van der Waals surface area contributed by atoms with Crippen molar-refractivity contribution in [1.29, 1.82) is 0 Å². The van der Waals surface area contributed by atoms with Gasteiger partial charge >= 0.3 is 0 Å². The van der Waals surface area contributed by atoms with Crippen LogP contribution in [0.5, 0.6) is 11.5 Å². The first-order chi connectivity index (χ1) is 10.2. The highest BCUT2D eigenvalue weighted by molar-refractivity contribution is 9.11. The van der Waals surface area contributed by atoms with Crippen LogP contribution in [0.1, 0.15) is 29.3 Å². The zero-order valence-corrected chi connectivity index (χ0v) is 15.3. The maximum Gasteiger partial charge on any atom is 0.120 e. The molecule has 1 unspecified atom stereocenters. The first kappa shape index (κ1) is 16.4. The van der Waals surface area contributed by atoms with Crippen molar-refractivity contribution in [2.75, 3.05) is 13.7 Å². The molecule has 0 bridgehead atoms. The molecular weight excluding hydrogens is 396 g/mol. The number of rotatable bonds is 6. The quantitative estimate of drug-likeness (QED) is 0.563. The van der Waals surface area contributed by atoms with Crippen LogP contribution in [0, 0.1) is 0 Å². The van der Waals surface area contributed by atoms with E-state index >= 15 is 0 Å². The van der Waals surface area contributed by atoms with Crippen molar-refractivity contribution in [2.24, 2.45) is 0 Å². The van der Waals surface area contributed by atoms with Crippen molar-refractivity contribution in [3.8, 4) is 11.5 Å². The molecule has 1 atom stereocenters. The number of alkyl halides is 1. The number of hydrogen-bond donors (Lipinski definition) is 0. The SMILES string of the molecule is CCCOc1cccc(C(Br)c2ccc(OC)cc2Br)c1. The van der Waals surface area contributed by atoms with E-state index in [1.165, 1.54) is 0 Å². The van der Waals surface area contributed by atoms with E-state index in [4.69, 9.17) is 9.47 Å². The molecule has 0 heterocycles. The predicted molar refractivity (Wildman–Crippen MR) is 93.7 cm³/mol. The van der Waals surface area contributed by atoms with Gasteiger partial charge in [-0.2, -0.15) is 0 Å². The fraction of sp³-hybridized carbons (Fsp3) is 0.294. The summed E-state index contributed by atoms with van der Waals surface area (Å²) in [6.07, 6.45) is 1.01. The average Bonchev–Trinajstić information content (AvgIpc) is 2.52. The van der Waals surface area contributed by atoms with Crippen LogP contribution < -0.4 is 9.47 Å². The topological polar surface area (TPSA) is 18.5 Å². The Labute approximate surface area is 142 Å². The van der Waals surface area contributed by atoms with Gasteiger partial charge in [-0.25, -0.2) is 0 Å².